The predicted molar refractivity (Wildman–Crippen MR) is 76.7 cm³/mol. The lowest BCUT2D eigenvalue weighted by molar-refractivity contribution is 0.0743. The number of nitrogens with two attached hydrogens (primary N) is 1. The highest BCUT2D eigenvalue weighted by Crippen LogP contribution is 2.13. The maximum absolute atomic E-state index is 5.98. The first kappa shape index (κ1) is 13.5. The summed E-state index contributed by atoms with van der Waals surface area (Å²) in [5, 5.41) is 0. The van der Waals surface area contributed by atoms with Crippen LogP contribution in [0, 0.1) is 0 Å². The second-order valence-corrected chi connectivity index (χ2v) is 5.40. The van der Waals surface area contributed by atoms with Crippen LogP contribution in [0.25, 0.3) is 0 Å². The van der Waals surface area contributed by atoms with Gasteiger partial charge in [-0.2, -0.15) is 0 Å². The van der Waals surface area contributed by atoms with Crippen LogP contribution in [0.4, 0.5) is 0 Å². The van der Waals surface area contributed by atoms with E-state index in [1.165, 1.54) is 5.56 Å². The van der Waals surface area contributed by atoms with Gasteiger partial charge in [-0.3, -0.25) is 4.90 Å². The van der Waals surface area contributed by atoms with Crippen molar-refractivity contribution >= 4 is 0 Å². The largest absolute Gasteiger partial charge is 0.329 e. The monoisotopic (exact) mass is 247 g/mol. The molecule has 1 fully saturated rings. The summed E-state index contributed by atoms with van der Waals surface area (Å²) >= 11 is 0. The molecule has 2 rings (SSSR count). The van der Waals surface area contributed by atoms with E-state index < -0.39 is 0 Å². The molecule has 1 aromatic rings. The molecule has 1 heterocycles. The Morgan fingerprint density at radius 3 is 2.61 bits per heavy atom. The van der Waals surface area contributed by atoms with Gasteiger partial charge in [0.15, 0.2) is 0 Å². The molecule has 18 heavy (non-hydrogen) atoms. The molecule has 3 nitrogen and oxygen atoms in total. The third-order valence-corrected chi connectivity index (χ3v) is 4.09. The van der Waals surface area contributed by atoms with Crippen LogP contribution in [0.2, 0.25) is 0 Å². The van der Waals surface area contributed by atoms with Gasteiger partial charge in [0.25, 0.3) is 0 Å². The lowest BCUT2D eigenvalue weighted by Crippen LogP contribution is -2.55. The van der Waals surface area contributed by atoms with Crippen molar-refractivity contribution in [1.29, 1.82) is 0 Å². The molecule has 2 atom stereocenters. The highest BCUT2D eigenvalue weighted by Gasteiger charge is 2.25. The first-order chi connectivity index (χ1) is 8.70. The average molecular weight is 247 g/mol. The van der Waals surface area contributed by atoms with Gasteiger partial charge in [0.2, 0.25) is 0 Å². The summed E-state index contributed by atoms with van der Waals surface area (Å²) in [6, 6.07) is 11.8. The molecule has 100 valence electrons. The van der Waals surface area contributed by atoms with Crippen LogP contribution in [0.15, 0.2) is 30.3 Å². The third-order valence-electron chi connectivity index (χ3n) is 4.09. The molecule has 1 aliphatic heterocycles. The summed E-state index contributed by atoms with van der Waals surface area (Å²) in [5.41, 5.74) is 7.36. The second kappa shape index (κ2) is 6.32. The Balaban J connectivity index is 1.97. The summed E-state index contributed by atoms with van der Waals surface area (Å²) in [6.45, 7) is 6.45. The summed E-state index contributed by atoms with van der Waals surface area (Å²) in [5.74, 6) is 0. The van der Waals surface area contributed by atoms with Crippen molar-refractivity contribution in [2.45, 2.75) is 25.4 Å². The molecule has 0 spiro atoms. The van der Waals surface area contributed by atoms with Crippen LogP contribution < -0.4 is 5.73 Å². The van der Waals surface area contributed by atoms with Crippen LogP contribution in [0.1, 0.15) is 12.5 Å². The maximum atomic E-state index is 5.98. The zero-order chi connectivity index (χ0) is 13.0. The molecule has 2 N–H and O–H groups in total. The number of hydrogen-bond donors (Lipinski definition) is 1. The molecule has 0 saturated carbocycles. The molecular formula is C15H25N3. The van der Waals surface area contributed by atoms with Crippen molar-refractivity contribution in [1.82, 2.24) is 9.80 Å². The van der Waals surface area contributed by atoms with Gasteiger partial charge in [-0.05, 0) is 26.0 Å². The maximum Gasteiger partial charge on any atom is 0.0259 e. The van der Waals surface area contributed by atoms with Crippen molar-refractivity contribution in [3.63, 3.8) is 0 Å². The lowest BCUT2D eigenvalue weighted by Gasteiger charge is -2.41. The van der Waals surface area contributed by atoms with Gasteiger partial charge in [0.05, 0.1) is 0 Å². The molecule has 1 aromatic carbocycles. The highest BCUT2D eigenvalue weighted by atomic mass is 15.3. The van der Waals surface area contributed by atoms with Crippen LogP contribution in [-0.2, 0) is 6.42 Å². The fourth-order valence-electron chi connectivity index (χ4n) is 2.66. The minimum absolute atomic E-state index is 0.476. The molecule has 2 unspecified atom stereocenters. The van der Waals surface area contributed by atoms with Gasteiger partial charge in [0, 0.05) is 38.3 Å². The van der Waals surface area contributed by atoms with E-state index in [1.807, 2.05) is 0 Å². The van der Waals surface area contributed by atoms with E-state index in [-0.39, 0.29) is 0 Å². The predicted octanol–water partition coefficient (Wildman–Crippen LogP) is 1.19. The number of hydrogen-bond acceptors (Lipinski definition) is 3. The van der Waals surface area contributed by atoms with Gasteiger partial charge in [-0.25, -0.2) is 0 Å². The number of likely N-dealkylation sites (N-methyl/N-ethyl adjacent to an activating group) is 1. The molecule has 0 aliphatic carbocycles. The zero-order valence-corrected chi connectivity index (χ0v) is 11.5. The minimum Gasteiger partial charge on any atom is -0.329 e. The Labute approximate surface area is 111 Å². The Bertz CT molecular complexity index is 352. The van der Waals surface area contributed by atoms with E-state index >= 15 is 0 Å². The summed E-state index contributed by atoms with van der Waals surface area (Å²) in [7, 11) is 2.21. The number of nitrogens with zero attached hydrogens (tertiary/aromatic N) is 2. The van der Waals surface area contributed by atoms with Crippen molar-refractivity contribution in [3.8, 4) is 0 Å². The van der Waals surface area contributed by atoms with E-state index in [4.69, 9.17) is 5.73 Å². The quantitative estimate of drug-likeness (QED) is 0.867. The highest BCUT2D eigenvalue weighted by molar-refractivity contribution is 5.16. The molecule has 1 saturated heterocycles. The average Bonchev–Trinajstić information content (AvgIpc) is 2.40. The normalized spacial score (nSPS) is 24.1. The van der Waals surface area contributed by atoms with Gasteiger partial charge in [-0.1, -0.05) is 30.3 Å². The number of rotatable bonds is 4. The Morgan fingerprint density at radius 1 is 1.28 bits per heavy atom. The topological polar surface area (TPSA) is 32.5 Å². The molecule has 0 aromatic heterocycles. The van der Waals surface area contributed by atoms with E-state index in [2.05, 4.69) is 54.1 Å². The zero-order valence-electron chi connectivity index (χ0n) is 11.5. The van der Waals surface area contributed by atoms with Crippen LogP contribution >= 0.6 is 0 Å². The molecule has 0 radical (unpaired) electrons. The van der Waals surface area contributed by atoms with Crippen molar-refractivity contribution < 1.29 is 0 Å². The smallest absolute Gasteiger partial charge is 0.0259 e. The van der Waals surface area contributed by atoms with Gasteiger partial charge < -0.3 is 10.6 Å². The Kier molecular flexibility index (Phi) is 4.75. The van der Waals surface area contributed by atoms with Crippen LogP contribution in [-0.4, -0.2) is 55.1 Å². The third kappa shape index (κ3) is 3.31. The first-order valence-corrected chi connectivity index (χ1v) is 6.89. The Morgan fingerprint density at radius 2 is 2.00 bits per heavy atom. The minimum atomic E-state index is 0.476. The standard InChI is InChI=1S/C15H25N3/c1-13-12-18(9-8-17(13)2)15(11-16)10-14-6-4-3-5-7-14/h3-7,13,15H,8-12,16H2,1-2H3. The molecule has 0 amide bonds. The van der Waals surface area contributed by atoms with E-state index in [9.17, 15) is 0 Å². The van der Waals surface area contributed by atoms with Crippen molar-refractivity contribution in [2.75, 3.05) is 33.2 Å². The van der Waals surface area contributed by atoms with Gasteiger partial charge >= 0.3 is 0 Å². The fourth-order valence-corrected chi connectivity index (χ4v) is 2.66. The lowest BCUT2D eigenvalue weighted by atomic mass is 10.0. The Hall–Kier alpha value is -0.900. The van der Waals surface area contributed by atoms with Crippen molar-refractivity contribution in [3.05, 3.63) is 35.9 Å². The van der Waals surface area contributed by atoms with Crippen molar-refractivity contribution in [2.24, 2.45) is 5.73 Å². The van der Waals surface area contributed by atoms with E-state index in [1.54, 1.807) is 0 Å². The first-order valence-electron chi connectivity index (χ1n) is 6.89. The number of piperazine rings is 1. The molecular weight excluding hydrogens is 222 g/mol. The van der Waals surface area contributed by atoms with Gasteiger partial charge in [-0.15, -0.1) is 0 Å². The van der Waals surface area contributed by atoms with E-state index in [0.29, 0.717) is 12.1 Å². The number of benzene rings is 1. The van der Waals surface area contributed by atoms with Crippen LogP contribution in [0.3, 0.4) is 0 Å². The fraction of sp³-hybridized carbons (Fsp3) is 0.600. The SMILES string of the molecule is CC1CN(C(CN)Cc2ccccc2)CCN1C. The molecule has 1 aliphatic rings. The van der Waals surface area contributed by atoms with Gasteiger partial charge in [0.1, 0.15) is 0 Å². The summed E-state index contributed by atoms with van der Waals surface area (Å²) in [4.78, 5) is 4.98. The summed E-state index contributed by atoms with van der Waals surface area (Å²) < 4.78 is 0. The summed E-state index contributed by atoms with van der Waals surface area (Å²) in [6.07, 6.45) is 1.06. The van der Waals surface area contributed by atoms with Crippen LogP contribution in [0.5, 0.6) is 0 Å². The molecule has 3 heteroatoms. The van der Waals surface area contributed by atoms with E-state index in [0.717, 1.165) is 32.6 Å². The second-order valence-electron chi connectivity index (χ2n) is 5.40. The molecule has 0 bridgehead atoms.